The van der Waals surface area contributed by atoms with Gasteiger partial charge in [0.1, 0.15) is 0 Å². The third-order valence-electron chi connectivity index (χ3n) is 3.70. The lowest BCUT2D eigenvalue weighted by Crippen LogP contribution is -2.36. The molecular formula is C18H25N5O. The molecule has 0 fully saturated rings. The van der Waals surface area contributed by atoms with Crippen LogP contribution in [-0.4, -0.2) is 31.0 Å². The fourth-order valence-electron chi connectivity index (χ4n) is 2.44. The van der Waals surface area contributed by atoms with Crippen LogP contribution in [0.2, 0.25) is 0 Å². The SMILES string of the molecule is CCNC(N)=NCCC[C@H](N)C(=O)Nc1cccc2ccccc12. The molecule has 128 valence electrons. The van der Waals surface area contributed by atoms with Crippen LogP contribution >= 0.6 is 0 Å². The molecule has 1 atom stereocenters. The van der Waals surface area contributed by atoms with Gasteiger partial charge in [0.25, 0.3) is 0 Å². The standard InChI is InChI=1S/C18H25N5O/c1-2-21-18(20)22-12-6-10-15(19)17(24)23-16-11-5-8-13-7-3-4-9-14(13)16/h3-5,7-9,11,15H,2,6,10,12,19H2,1H3,(H,23,24)(H3,20,21,22)/t15-/m0/s1. The van der Waals surface area contributed by atoms with Gasteiger partial charge in [0.05, 0.1) is 6.04 Å². The number of guanidine groups is 1. The van der Waals surface area contributed by atoms with Gasteiger partial charge in [-0.3, -0.25) is 9.79 Å². The number of carbonyl (C=O) groups excluding carboxylic acids is 1. The molecule has 0 aliphatic carbocycles. The second-order valence-corrected chi connectivity index (χ2v) is 5.56. The normalized spacial score (nSPS) is 12.8. The highest BCUT2D eigenvalue weighted by molar-refractivity contribution is 6.03. The summed E-state index contributed by atoms with van der Waals surface area (Å²) in [6.07, 6.45) is 1.26. The van der Waals surface area contributed by atoms with E-state index >= 15 is 0 Å². The molecule has 2 aromatic carbocycles. The van der Waals surface area contributed by atoms with Crippen LogP contribution in [-0.2, 0) is 4.79 Å². The summed E-state index contributed by atoms with van der Waals surface area (Å²) < 4.78 is 0. The Morgan fingerprint density at radius 2 is 1.96 bits per heavy atom. The summed E-state index contributed by atoms with van der Waals surface area (Å²) in [7, 11) is 0. The Balaban J connectivity index is 1.88. The lowest BCUT2D eigenvalue weighted by atomic mass is 10.1. The number of anilines is 1. The maximum atomic E-state index is 12.3. The van der Waals surface area contributed by atoms with Gasteiger partial charge in [0, 0.05) is 24.2 Å². The summed E-state index contributed by atoms with van der Waals surface area (Å²) in [6, 6.07) is 13.2. The zero-order chi connectivity index (χ0) is 17.4. The van der Waals surface area contributed by atoms with E-state index in [1.54, 1.807) is 0 Å². The number of hydrogen-bond acceptors (Lipinski definition) is 3. The highest BCUT2D eigenvalue weighted by Crippen LogP contribution is 2.23. The van der Waals surface area contributed by atoms with Gasteiger partial charge in [-0.15, -0.1) is 0 Å². The summed E-state index contributed by atoms with van der Waals surface area (Å²) in [6.45, 7) is 3.24. The van der Waals surface area contributed by atoms with Crippen molar-refractivity contribution in [2.45, 2.75) is 25.8 Å². The van der Waals surface area contributed by atoms with E-state index < -0.39 is 6.04 Å². The molecule has 6 heteroatoms. The van der Waals surface area contributed by atoms with Crippen LogP contribution in [0.4, 0.5) is 5.69 Å². The first-order valence-electron chi connectivity index (χ1n) is 8.19. The van der Waals surface area contributed by atoms with Crippen LogP contribution < -0.4 is 22.1 Å². The van der Waals surface area contributed by atoms with E-state index in [9.17, 15) is 4.79 Å². The predicted octanol–water partition coefficient (Wildman–Crippen LogP) is 1.81. The minimum atomic E-state index is -0.570. The van der Waals surface area contributed by atoms with Gasteiger partial charge in [-0.05, 0) is 31.2 Å². The lowest BCUT2D eigenvalue weighted by Gasteiger charge is -2.13. The maximum Gasteiger partial charge on any atom is 0.241 e. The minimum Gasteiger partial charge on any atom is -0.370 e. The zero-order valence-corrected chi connectivity index (χ0v) is 14.0. The Labute approximate surface area is 142 Å². The van der Waals surface area contributed by atoms with Gasteiger partial charge in [0.2, 0.25) is 5.91 Å². The fourth-order valence-corrected chi connectivity index (χ4v) is 2.44. The van der Waals surface area contributed by atoms with Crippen molar-refractivity contribution in [3.63, 3.8) is 0 Å². The molecule has 6 nitrogen and oxygen atoms in total. The van der Waals surface area contributed by atoms with Crippen LogP contribution in [0.5, 0.6) is 0 Å². The van der Waals surface area contributed by atoms with Crippen LogP contribution in [0.1, 0.15) is 19.8 Å². The number of nitrogens with zero attached hydrogens (tertiary/aromatic N) is 1. The van der Waals surface area contributed by atoms with E-state index in [1.807, 2.05) is 49.4 Å². The molecule has 6 N–H and O–H groups in total. The van der Waals surface area contributed by atoms with Crippen molar-refractivity contribution >= 4 is 28.3 Å². The Morgan fingerprint density at radius 3 is 2.75 bits per heavy atom. The second kappa shape index (κ2) is 8.88. The third-order valence-corrected chi connectivity index (χ3v) is 3.70. The highest BCUT2D eigenvalue weighted by Gasteiger charge is 2.14. The van der Waals surface area contributed by atoms with Crippen LogP contribution in [0.3, 0.4) is 0 Å². The molecule has 24 heavy (non-hydrogen) atoms. The maximum absolute atomic E-state index is 12.3. The number of nitrogens with one attached hydrogen (secondary N) is 2. The van der Waals surface area contributed by atoms with Crippen molar-refractivity contribution in [3.8, 4) is 0 Å². The van der Waals surface area contributed by atoms with Crippen LogP contribution in [0.25, 0.3) is 10.8 Å². The van der Waals surface area contributed by atoms with Crippen LogP contribution in [0.15, 0.2) is 47.5 Å². The smallest absolute Gasteiger partial charge is 0.241 e. The molecule has 0 saturated heterocycles. The Hall–Kier alpha value is -2.60. The summed E-state index contributed by atoms with van der Waals surface area (Å²) in [4.78, 5) is 16.4. The van der Waals surface area contributed by atoms with Crippen LogP contribution in [0, 0.1) is 0 Å². The van der Waals surface area contributed by atoms with Crippen molar-refractivity contribution in [1.29, 1.82) is 0 Å². The number of carbonyl (C=O) groups is 1. The van der Waals surface area contributed by atoms with Gasteiger partial charge >= 0.3 is 0 Å². The number of benzene rings is 2. The average molecular weight is 327 g/mol. The second-order valence-electron chi connectivity index (χ2n) is 5.56. The first kappa shape index (κ1) is 17.7. The van der Waals surface area contributed by atoms with E-state index in [-0.39, 0.29) is 5.91 Å². The summed E-state index contributed by atoms with van der Waals surface area (Å²) in [5.41, 5.74) is 12.4. The minimum absolute atomic E-state index is 0.185. The van der Waals surface area contributed by atoms with Gasteiger partial charge in [0.15, 0.2) is 5.96 Å². The molecule has 0 spiro atoms. The lowest BCUT2D eigenvalue weighted by molar-refractivity contribution is -0.117. The Morgan fingerprint density at radius 1 is 1.21 bits per heavy atom. The van der Waals surface area contributed by atoms with Gasteiger partial charge in [-0.25, -0.2) is 0 Å². The number of hydrogen-bond donors (Lipinski definition) is 4. The van der Waals surface area contributed by atoms with E-state index in [2.05, 4.69) is 15.6 Å². The Kier molecular flexibility index (Phi) is 6.57. The van der Waals surface area contributed by atoms with Crippen molar-refractivity contribution in [2.75, 3.05) is 18.4 Å². The number of aliphatic imine (C=N–C) groups is 1. The first-order valence-corrected chi connectivity index (χ1v) is 8.19. The van der Waals surface area contributed by atoms with Gasteiger partial charge in [-0.1, -0.05) is 36.4 Å². The van der Waals surface area contributed by atoms with Crippen molar-refractivity contribution in [3.05, 3.63) is 42.5 Å². The van der Waals surface area contributed by atoms with Gasteiger partial charge < -0.3 is 22.1 Å². The van der Waals surface area contributed by atoms with E-state index in [0.717, 1.165) is 23.0 Å². The topological polar surface area (TPSA) is 106 Å². The number of nitrogens with two attached hydrogens (primary N) is 2. The summed E-state index contributed by atoms with van der Waals surface area (Å²) in [5, 5.41) is 7.93. The molecule has 0 unspecified atom stereocenters. The van der Waals surface area contributed by atoms with Crippen molar-refractivity contribution in [1.82, 2.24) is 5.32 Å². The molecule has 0 saturated carbocycles. The molecule has 0 radical (unpaired) electrons. The predicted molar refractivity (Wildman–Crippen MR) is 100.0 cm³/mol. The molecule has 0 heterocycles. The Bertz CT molecular complexity index is 708. The molecule has 2 aromatic rings. The largest absolute Gasteiger partial charge is 0.370 e. The summed E-state index contributed by atoms with van der Waals surface area (Å²) in [5.74, 6) is 0.237. The molecule has 2 rings (SSSR count). The molecule has 0 bridgehead atoms. The first-order chi connectivity index (χ1) is 11.6. The number of amides is 1. The molecular weight excluding hydrogens is 302 g/mol. The fraction of sp³-hybridized carbons (Fsp3) is 0.333. The van der Waals surface area contributed by atoms with Gasteiger partial charge in [-0.2, -0.15) is 0 Å². The molecule has 0 aliphatic heterocycles. The van der Waals surface area contributed by atoms with Crippen molar-refractivity contribution < 1.29 is 4.79 Å². The highest BCUT2D eigenvalue weighted by atomic mass is 16.2. The van der Waals surface area contributed by atoms with E-state index in [1.165, 1.54) is 0 Å². The third kappa shape index (κ3) is 4.96. The summed E-state index contributed by atoms with van der Waals surface area (Å²) >= 11 is 0. The van der Waals surface area contributed by atoms with Crippen molar-refractivity contribution in [2.24, 2.45) is 16.5 Å². The van der Waals surface area contributed by atoms with E-state index in [0.29, 0.717) is 25.3 Å². The quantitative estimate of drug-likeness (QED) is 0.353. The zero-order valence-electron chi connectivity index (χ0n) is 14.0. The number of rotatable bonds is 7. The number of fused-ring (bicyclic) bond motifs is 1. The average Bonchev–Trinajstić information content (AvgIpc) is 2.59. The monoisotopic (exact) mass is 327 g/mol. The molecule has 0 aromatic heterocycles. The van der Waals surface area contributed by atoms with E-state index in [4.69, 9.17) is 11.5 Å². The molecule has 0 aliphatic rings. The molecule has 1 amide bonds.